The number of carboxylic acid groups (broad SMARTS) is 1. The Hall–Kier alpha value is -1.75. The number of carboxylic acids is 1. The van der Waals surface area contributed by atoms with Crippen molar-refractivity contribution in [2.45, 2.75) is 13.3 Å². The predicted octanol–water partition coefficient (Wildman–Crippen LogP) is 1.18. The van der Waals surface area contributed by atoms with Gasteiger partial charge in [-0.05, 0) is 18.1 Å². The van der Waals surface area contributed by atoms with Crippen LogP contribution in [-0.2, 0) is 4.79 Å². The van der Waals surface area contributed by atoms with Gasteiger partial charge in [0, 0.05) is 19.7 Å². The number of anilines is 2. The highest BCUT2D eigenvalue weighted by atomic mass is 16.4. The van der Waals surface area contributed by atoms with E-state index in [4.69, 9.17) is 15.9 Å². The fourth-order valence-corrected chi connectivity index (χ4v) is 1.75. The van der Waals surface area contributed by atoms with E-state index in [1.807, 2.05) is 30.0 Å². The molecule has 100 valence electrons. The largest absolute Gasteiger partial charge is 0.481 e. The molecule has 5 heteroatoms. The third kappa shape index (κ3) is 4.25. The summed E-state index contributed by atoms with van der Waals surface area (Å²) in [5.41, 5.74) is 7.33. The van der Waals surface area contributed by atoms with E-state index >= 15 is 0 Å². The van der Waals surface area contributed by atoms with Crippen LogP contribution in [-0.4, -0.2) is 35.9 Å². The van der Waals surface area contributed by atoms with Gasteiger partial charge in [0.1, 0.15) is 0 Å². The average molecular weight is 252 g/mol. The summed E-state index contributed by atoms with van der Waals surface area (Å²) in [5.74, 6) is -0.774. The fourth-order valence-electron chi connectivity index (χ4n) is 1.75. The summed E-state index contributed by atoms with van der Waals surface area (Å²) >= 11 is 0. The molecule has 0 heterocycles. The van der Waals surface area contributed by atoms with Gasteiger partial charge in [0.25, 0.3) is 0 Å². The first-order chi connectivity index (χ1) is 8.54. The number of carbonyl (C=O) groups is 1. The van der Waals surface area contributed by atoms with Crippen LogP contribution in [0.1, 0.15) is 13.3 Å². The Morgan fingerprint density at radius 3 is 2.67 bits per heavy atom. The Labute approximate surface area is 107 Å². The quantitative estimate of drug-likeness (QED) is 0.634. The lowest BCUT2D eigenvalue weighted by Crippen LogP contribution is -2.32. The molecule has 0 amide bonds. The maximum absolute atomic E-state index is 10.7. The van der Waals surface area contributed by atoms with Crippen molar-refractivity contribution in [2.24, 2.45) is 5.92 Å². The first kappa shape index (κ1) is 14.3. The number of hydrogen-bond donors (Lipinski definition) is 3. The Morgan fingerprint density at radius 2 is 2.11 bits per heavy atom. The predicted molar refractivity (Wildman–Crippen MR) is 71.6 cm³/mol. The molecule has 0 aliphatic heterocycles. The van der Waals surface area contributed by atoms with E-state index in [-0.39, 0.29) is 18.9 Å². The zero-order valence-electron chi connectivity index (χ0n) is 10.5. The van der Waals surface area contributed by atoms with Gasteiger partial charge in [-0.1, -0.05) is 19.1 Å². The van der Waals surface area contributed by atoms with Gasteiger partial charge >= 0.3 is 5.97 Å². The van der Waals surface area contributed by atoms with E-state index < -0.39 is 5.97 Å². The second kappa shape index (κ2) is 6.86. The summed E-state index contributed by atoms with van der Waals surface area (Å²) in [7, 11) is 0. The zero-order chi connectivity index (χ0) is 13.5. The summed E-state index contributed by atoms with van der Waals surface area (Å²) in [6.45, 7) is 2.94. The summed E-state index contributed by atoms with van der Waals surface area (Å²) in [6, 6.07) is 7.35. The van der Waals surface area contributed by atoms with E-state index in [0.717, 1.165) is 5.69 Å². The van der Waals surface area contributed by atoms with Crippen LogP contribution in [0.4, 0.5) is 11.4 Å². The lowest BCUT2D eigenvalue weighted by molar-refractivity contribution is -0.136. The molecule has 0 bridgehead atoms. The average Bonchev–Trinajstić information content (AvgIpc) is 2.34. The Morgan fingerprint density at radius 1 is 1.44 bits per heavy atom. The number of nitrogens with zero attached hydrogens (tertiary/aromatic N) is 1. The third-order valence-corrected chi connectivity index (χ3v) is 2.72. The number of hydrogen-bond acceptors (Lipinski definition) is 4. The second-order valence-corrected chi connectivity index (χ2v) is 4.44. The molecule has 0 radical (unpaired) electrons. The number of nitrogen functional groups attached to an aromatic ring is 1. The van der Waals surface area contributed by atoms with Gasteiger partial charge in [0.15, 0.2) is 0 Å². The van der Waals surface area contributed by atoms with Crippen molar-refractivity contribution >= 4 is 17.3 Å². The number of nitrogens with two attached hydrogens (primary N) is 1. The van der Waals surface area contributed by atoms with Crippen LogP contribution < -0.4 is 10.6 Å². The molecule has 0 fully saturated rings. The van der Waals surface area contributed by atoms with Crippen LogP contribution in [0.3, 0.4) is 0 Å². The van der Waals surface area contributed by atoms with Gasteiger partial charge in [-0.3, -0.25) is 4.79 Å². The molecule has 1 aromatic carbocycles. The molecule has 5 nitrogen and oxygen atoms in total. The molecule has 18 heavy (non-hydrogen) atoms. The summed E-state index contributed by atoms with van der Waals surface area (Å²) in [4.78, 5) is 12.6. The third-order valence-electron chi connectivity index (χ3n) is 2.72. The van der Waals surface area contributed by atoms with Gasteiger partial charge in [0.2, 0.25) is 0 Å². The van der Waals surface area contributed by atoms with Crippen LogP contribution in [0.25, 0.3) is 0 Å². The van der Waals surface area contributed by atoms with E-state index in [2.05, 4.69) is 0 Å². The molecule has 1 rings (SSSR count). The second-order valence-electron chi connectivity index (χ2n) is 4.44. The molecule has 0 aromatic heterocycles. The van der Waals surface area contributed by atoms with E-state index in [1.165, 1.54) is 0 Å². The number of benzene rings is 1. The van der Waals surface area contributed by atoms with Crippen LogP contribution in [0.15, 0.2) is 24.3 Å². The van der Waals surface area contributed by atoms with Crippen LogP contribution in [0.5, 0.6) is 0 Å². The van der Waals surface area contributed by atoms with Crippen molar-refractivity contribution < 1.29 is 15.0 Å². The molecule has 0 aliphatic rings. The van der Waals surface area contributed by atoms with Crippen LogP contribution in [0, 0.1) is 5.92 Å². The van der Waals surface area contributed by atoms with Gasteiger partial charge in [0.05, 0.1) is 17.8 Å². The molecule has 0 saturated heterocycles. The summed E-state index contributed by atoms with van der Waals surface area (Å²) < 4.78 is 0. The number of rotatable bonds is 7. The van der Waals surface area contributed by atoms with Gasteiger partial charge in [-0.25, -0.2) is 0 Å². The number of para-hydroxylation sites is 2. The summed E-state index contributed by atoms with van der Waals surface area (Å²) in [5, 5.41) is 17.9. The topological polar surface area (TPSA) is 86.8 Å². The van der Waals surface area contributed by atoms with Gasteiger partial charge in [-0.15, -0.1) is 0 Å². The molecule has 0 saturated carbocycles. The monoisotopic (exact) mass is 252 g/mol. The lowest BCUT2D eigenvalue weighted by atomic mass is 10.1. The van der Waals surface area contributed by atoms with Crippen LogP contribution >= 0.6 is 0 Å². The molecule has 4 N–H and O–H groups in total. The van der Waals surface area contributed by atoms with E-state index in [9.17, 15) is 4.79 Å². The first-order valence-electron chi connectivity index (χ1n) is 5.96. The van der Waals surface area contributed by atoms with E-state index in [0.29, 0.717) is 18.8 Å². The van der Waals surface area contributed by atoms with Crippen LogP contribution in [0.2, 0.25) is 0 Å². The van der Waals surface area contributed by atoms with Crippen molar-refractivity contribution in [3.05, 3.63) is 24.3 Å². The van der Waals surface area contributed by atoms with Gasteiger partial charge < -0.3 is 20.8 Å². The maximum atomic E-state index is 10.7. The van der Waals surface area contributed by atoms with Crippen molar-refractivity contribution in [1.29, 1.82) is 0 Å². The van der Waals surface area contributed by atoms with E-state index in [1.54, 1.807) is 6.07 Å². The minimum Gasteiger partial charge on any atom is -0.481 e. The Balaban J connectivity index is 2.82. The molecular weight excluding hydrogens is 232 g/mol. The molecule has 0 aliphatic carbocycles. The zero-order valence-corrected chi connectivity index (χ0v) is 10.5. The lowest BCUT2D eigenvalue weighted by Gasteiger charge is -2.27. The van der Waals surface area contributed by atoms with Crippen molar-refractivity contribution in [3.63, 3.8) is 0 Å². The Bertz CT molecular complexity index is 396. The van der Waals surface area contributed by atoms with Gasteiger partial charge in [-0.2, -0.15) is 0 Å². The SMILES string of the molecule is CC(CO)CN(CCC(=O)O)c1ccccc1N. The number of aliphatic hydroxyl groups is 1. The first-order valence-corrected chi connectivity index (χ1v) is 5.96. The highest BCUT2D eigenvalue weighted by Gasteiger charge is 2.14. The molecule has 1 unspecified atom stereocenters. The Kier molecular flexibility index (Phi) is 5.45. The molecule has 1 aromatic rings. The van der Waals surface area contributed by atoms with Crippen molar-refractivity contribution in [1.82, 2.24) is 0 Å². The number of aliphatic carboxylic acids is 1. The fraction of sp³-hybridized carbons (Fsp3) is 0.462. The minimum atomic E-state index is -0.842. The normalized spacial score (nSPS) is 12.1. The van der Waals surface area contributed by atoms with Crippen molar-refractivity contribution in [2.75, 3.05) is 30.3 Å². The smallest absolute Gasteiger partial charge is 0.305 e. The maximum Gasteiger partial charge on any atom is 0.305 e. The van der Waals surface area contributed by atoms with Crippen molar-refractivity contribution in [3.8, 4) is 0 Å². The molecular formula is C13H20N2O3. The summed E-state index contributed by atoms with van der Waals surface area (Å²) in [6.07, 6.45) is 0.0481. The number of aliphatic hydroxyl groups excluding tert-OH is 1. The molecule has 0 spiro atoms. The highest BCUT2D eigenvalue weighted by Crippen LogP contribution is 2.23. The highest BCUT2D eigenvalue weighted by molar-refractivity contribution is 5.70. The molecule has 1 atom stereocenters. The standard InChI is InChI=1S/C13H20N2O3/c1-10(9-16)8-15(7-6-13(17)18)12-5-3-2-4-11(12)14/h2-5,10,16H,6-9,14H2,1H3,(H,17,18). The minimum absolute atomic E-state index is 0.0481.